The predicted octanol–water partition coefficient (Wildman–Crippen LogP) is 3.09. The van der Waals surface area contributed by atoms with Crippen molar-refractivity contribution in [1.82, 2.24) is 23.8 Å². The molecule has 0 atom stereocenters. The lowest BCUT2D eigenvalue weighted by Gasteiger charge is -2.34. The summed E-state index contributed by atoms with van der Waals surface area (Å²) >= 11 is 0. The molecule has 2 fully saturated rings. The number of aromatic nitrogens is 3. The zero-order valence-electron chi connectivity index (χ0n) is 21.6. The van der Waals surface area contributed by atoms with Gasteiger partial charge in [0, 0.05) is 46.8 Å². The lowest BCUT2D eigenvalue weighted by atomic mass is 9.82. The Labute approximate surface area is 217 Å². The minimum atomic E-state index is -3.97. The van der Waals surface area contributed by atoms with Crippen molar-refractivity contribution in [1.29, 1.82) is 0 Å². The largest absolute Gasteiger partial charge is 0.384 e. The number of para-hydroxylation sites is 1. The number of anilines is 1. The summed E-state index contributed by atoms with van der Waals surface area (Å²) in [7, 11) is 0.503. The van der Waals surface area contributed by atoms with Crippen LogP contribution in [0.15, 0.2) is 36.4 Å². The van der Waals surface area contributed by atoms with E-state index in [2.05, 4.69) is 9.62 Å². The van der Waals surface area contributed by atoms with Crippen LogP contribution in [0, 0.1) is 5.92 Å². The zero-order valence-corrected chi connectivity index (χ0v) is 22.4. The van der Waals surface area contributed by atoms with E-state index in [0.29, 0.717) is 17.5 Å². The van der Waals surface area contributed by atoms with Crippen molar-refractivity contribution >= 4 is 32.8 Å². The Kier molecular flexibility index (Phi) is 7.19. The van der Waals surface area contributed by atoms with E-state index in [-0.39, 0.29) is 5.69 Å². The van der Waals surface area contributed by atoms with E-state index in [1.807, 2.05) is 30.3 Å². The maximum Gasteiger partial charge on any atom is 0.303 e. The fraction of sp³-hybridized carbons (Fsp3) is 0.500. The van der Waals surface area contributed by atoms with E-state index in [1.54, 1.807) is 17.9 Å². The third-order valence-corrected chi connectivity index (χ3v) is 8.83. The maximum atomic E-state index is 13.2. The van der Waals surface area contributed by atoms with Crippen LogP contribution in [0.2, 0.25) is 0 Å². The van der Waals surface area contributed by atoms with Gasteiger partial charge in [0.2, 0.25) is 0 Å². The summed E-state index contributed by atoms with van der Waals surface area (Å²) in [5, 5.41) is 5.98. The van der Waals surface area contributed by atoms with Gasteiger partial charge >= 0.3 is 10.2 Å². The Balaban J connectivity index is 1.66. The number of rotatable bonds is 8. The van der Waals surface area contributed by atoms with Gasteiger partial charge in [-0.2, -0.15) is 17.8 Å². The highest BCUT2D eigenvalue weighted by atomic mass is 32.2. The molecule has 2 aliphatic rings. The molecule has 1 aliphatic carbocycles. The van der Waals surface area contributed by atoms with Gasteiger partial charge < -0.3 is 9.64 Å². The minimum Gasteiger partial charge on any atom is -0.384 e. The molecule has 3 aromatic rings. The minimum absolute atomic E-state index is 0.0455. The number of piperidine rings is 1. The average Bonchev–Trinajstić information content (AvgIpc) is 3.22. The number of carbonyl (C=O) groups excluding carboxylic acids is 1. The topological polar surface area (TPSA) is 110 Å². The van der Waals surface area contributed by atoms with Crippen molar-refractivity contribution in [2.45, 2.75) is 38.0 Å². The van der Waals surface area contributed by atoms with E-state index >= 15 is 0 Å². The van der Waals surface area contributed by atoms with Crippen LogP contribution in [-0.2, 0) is 14.9 Å². The first kappa shape index (κ1) is 25.6. The smallest absolute Gasteiger partial charge is 0.303 e. The Morgan fingerprint density at radius 2 is 1.84 bits per heavy atom. The number of nitrogens with zero attached hydrogens (tertiary/aromatic N) is 5. The second-order valence-corrected chi connectivity index (χ2v) is 12.0. The Morgan fingerprint density at radius 3 is 2.43 bits per heavy atom. The van der Waals surface area contributed by atoms with Crippen LogP contribution < -0.4 is 9.62 Å². The van der Waals surface area contributed by atoms with Crippen LogP contribution >= 0.6 is 0 Å². The van der Waals surface area contributed by atoms with Crippen LogP contribution in [-0.4, -0.2) is 74.3 Å². The van der Waals surface area contributed by atoms with Gasteiger partial charge in [-0.05, 0) is 49.8 Å². The average molecular weight is 527 g/mol. The normalized spacial score (nSPS) is 17.4. The molecule has 37 heavy (non-hydrogen) atoms. The standard InChI is InChI=1S/C26H34N6O4S/c1-30(2)37(34,35)29-26(33)21-16-22(31-14-12-18(13-15-31)17-36-3)23-24(19-8-7-9-19)28-32(25(23)27-21)20-10-5-4-6-11-20/h4-6,10-11,16,18-19H,7-9,12-15,17H2,1-3H3,(H,29,33). The Hall–Kier alpha value is -3.02. The van der Waals surface area contributed by atoms with Crippen molar-refractivity contribution in [2.24, 2.45) is 5.92 Å². The van der Waals surface area contributed by atoms with Crippen LogP contribution in [0.25, 0.3) is 16.7 Å². The van der Waals surface area contributed by atoms with E-state index in [4.69, 9.17) is 14.8 Å². The number of methoxy groups -OCH3 is 1. The Morgan fingerprint density at radius 1 is 1.14 bits per heavy atom. The number of amides is 1. The lowest BCUT2D eigenvalue weighted by molar-refractivity contribution is 0.0975. The molecule has 1 amide bonds. The second kappa shape index (κ2) is 10.4. The number of ether oxygens (including phenoxy) is 1. The first-order valence-corrected chi connectivity index (χ1v) is 14.2. The van der Waals surface area contributed by atoms with E-state index in [9.17, 15) is 13.2 Å². The van der Waals surface area contributed by atoms with Crippen LogP contribution in [0.1, 0.15) is 54.2 Å². The zero-order chi connectivity index (χ0) is 26.2. The van der Waals surface area contributed by atoms with Crippen LogP contribution in [0.3, 0.4) is 0 Å². The van der Waals surface area contributed by atoms with Crippen molar-refractivity contribution in [3.63, 3.8) is 0 Å². The molecule has 1 aromatic carbocycles. The number of hydrogen-bond acceptors (Lipinski definition) is 7. The van der Waals surface area contributed by atoms with Gasteiger partial charge in [0.25, 0.3) is 5.91 Å². The van der Waals surface area contributed by atoms with Gasteiger partial charge in [0.1, 0.15) is 5.69 Å². The fourth-order valence-electron chi connectivity index (χ4n) is 5.04. The highest BCUT2D eigenvalue weighted by molar-refractivity contribution is 7.87. The molecule has 0 radical (unpaired) electrons. The van der Waals surface area contributed by atoms with Crippen LogP contribution in [0.4, 0.5) is 5.69 Å². The third-order valence-electron chi connectivity index (χ3n) is 7.43. The predicted molar refractivity (Wildman–Crippen MR) is 142 cm³/mol. The summed E-state index contributed by atoms with van der Waals surface area (Å²) in [4.78, 5) is 20.2. The molecule has 10 nitrogen and oxygen atoms in total. The number of nitrogens with one attached hydrogen (secondary N) is 1. The van der Waals surface area contributed by atoms with E-state index < -0.39 is 16.1 Å². The molecule has 198 valence electrons. The van der Waals surface area contributed by atoms with Gasteiger partial charge in [0.05, 0.1) is 22.5 Å². The lowest BCUT2D eigenvalue weighted by Crippen LogP contribution is -2.40. The fourth-order valence-corrected chi connectivity index (χ4v) is 5.56. The highest BCUT2D eigenvalue weighted by Crippen LogP contribution is 2.43. The molecule has 0 unspecified atom stereocenters. The van der Waals surface area contributed by atoms with Gasteiger partial charge in [-0.25, -0.2) is 14.4 Å². The summed E-state index contributed by atoms with van der Waals surface area (Å²) in [6.45, 7) is 2.35. The van der Waals surface area contributed by atoms with E-state index in [0.717, 1.165) is 72.1 Å². The van der Waals surface area contributed by atoms with Crippen molar-refractivity contribution in [3.8, 4) is 5.69 Å². The molecule has 3 heterocycles. The van der Waals surface area contributed by atoms with Crippen LogP contribution in [0.5, 0.6) is 0 Å². The molecular formula is C26H34N6O4S. The molecule has 1 aliphatic heterocycles. The highest BCUT2D eigenvalue weighted by Gasteiger charge is 2.32. The number of fused-ring (bicyclic) bond motifs is 1. The summed E-state index contributed by atoms with van der Waals surface area (Å²) in [6.07, 6.45) is 5.25. The van der Waals surface area contributed by atoms with Gasteiger partial charge in [-0.1, -0.05) is 24.6 Å². The molecule has 0 bridgehead atoms. The maximum absolute atomic E-state index is 13.2. The second-order valence-electron chi connectivity index (χ2n) is 10.1. The molecular weight excluding hydrogens is 492 g/mol. The first-order valence-electron chi connectivity index (χ1n) is 12.8. The number of hydrogen-bond donors (Lipinski definition) is 1. The molecule has 11 heteroatoms. The van der Waals surface area contributed by atoms with Gasteiger partial charge in [0.15, 0.2) is 5.65 Å². The van der Waals surface area contributed by atoms with Crippen molar-refractivity contribution in [3.05, 3.63) is 47.8 Å². The third kappa shape index (κ3) is 5.07. The monoisotopic (exact) mass is 526 g/mol. The summed E-state index contributed by atoms with van der Waals surface area (Å²) < 4.78 is 35.1. The molecule has 1 N–H and O–H groups in total. The van der Waals surface area contributed by atoms with Gasteiger partial charge in [-0.3, -0.25) is 4.79 Å². The van der Waals surface area contributed by atoms with Crippen molar-refractivity contribution in [2.75, 3.05) is 45.8 Å². The number of benzene rings is 1. The number of carbonyl (C=O) groups is 1. The molecule has 1 saturated carbocycles. The molecule has 0 spiro atoms. The van der Waals surface area contributed by atoms with Gasteiger partial charge in [-0.15, -0.1) is 0 Å². The molecule has 2 aromatic heterocycles. The van der Waals surface area contributed by atoms with Crippen molar-refractivity contribution < 1.29 is 17.9 Å². The van der Waals surface area contributed by atoms with E-state index in [1.165, 1.54) is 20.5 Å². The molecule has 1 saturated heterocycles. The SMILES string of the molecule is COCC1CCN(c2cc(C(=O)NS(=O)(=O)N(C)C)nc3c2c(C2CCC2)nn3-c2ccccc2)CC1. The quantitative estimate of drug-likeness (QED) is 0.480. The molecule has 5 rings (SSSR count). The summed E-state index contributed by atoms with van der Waals surface area (Å²) in [5.74, 6) is 0.0645. The summed E-state index contributed by atoms with van der Waals surface area (Å²) in [5.41, 5.74) is 3.34. The summed E-state index contributed by atoms with van der Waals surface area (Å²) in [6, 6.07) is 11.5. The first-order chi connectivity index (χ1) is 17.8. The number of pyridine rings is 1. The Bertz CT molecular complexity index is 1380.